The van der Waals surface area contributed by atoms with E-state index in [1.807, 2.05) is 6.92 Å². The zero-order valence-corrected chi connectivity index (χ0v) is 10.4. The summed E-state index contributed by atoms with van der Waals surface area (Å²) in [4.78, 5) is 15.9. The van der Waals surface area contributed by atoms with Crippen LogP contribution in [0.25, 0.3) is 0 Å². The quantitative estimate of drug-likeness (QED) is 0.540. The molecular weight excluding hydrogens is 202 g/mol. The average Bonchev–Trinajstić information content (AvgIpc) is 2.27. The van der Waals surface area contributed by atoms with Crippen LogP contribution in [0.1, 0.15) is 13.3 Å². The molecular formula is C12H23N3O. The second kappa shape index (κ2) is 7.41. The molecule has 0 bridgehead atoms. The summed E-state index contributed by atoms with van der Waals surface area (Å²) in [6.45, 7) is 8.33. The number of rotatable bonds is 5. The SMILES string of the molecule is CC=CC(=O)NCCCN1CCN(C)CC1. The number of nitrogens with one attached hydrogen (secondary N) is 1. The maximum absolute atomic E-state index is 11.1. The predicted octanol–water partition coefficient (Wildman–Crippen LogP) is 0.316. The fourth-order valence-corrected chi connectivity index (χ4v) is 1.80. The van der Waals surface area contributed by atoms with Gasteiger partial charge in [-0.25, -0.2) is 0 Å². The van der Waals surface area contributed by atoms with Gasteiger partial charge >= 0.3 is 0 Å². The van der Waals surface area contributed by atoms with Gasteiger partial charge in [-0.1, -0.05) is 6.08 Å². The summed E-state index contributed by atoms with van der Waals surface area (Å²) >= 11 is 0. The summed E-state index contributed by atoms with van der Waals surface area (Å²) in [5.41, 5.74) is 0. The molecule has 1 heterocycles. The van der Waals surface area contributed by atoms with Crippen molar-refractivity contribution in [1.29, 1.82) is 0 Å². The maximum atomic E-state index is 11.1. The predicted molar refractivity (Wildman–Crippen MR) is 66.4 cm³/mol. The first-order valence-electron chi connectivity index (χ1n) is 6.04. The lowest BCUT2D eigenvalue weighted by atomic mass is 10.3. The molecule has 92 valence electrons. The Hall–Kier alpha value is -0.870. The highest BCUT2D eigenvalue weighted by molar-refractivity contribution is 5.87. The molecule has 1 amide bonds. The van der Waals surface area contributed by atoms with Gasteiger partial charge in [0.2, 0.25) is 5.91 Å². The molecule has 4 heteroatoms. The molecule has 0 atom stereocenters. The number of carbonyl (C=O) groups is 1. The van der Waals surface area contributed by atoms with Gasteiger partial charge in [-0.3, -0.25) is 4.79 Å². The minimum Gasteiger partial charge on any atom is -0.353 e. The smallest absolute Gasteiger partial charge is 0.243 e. The van der Waals surface area contributed by atoms with Crippen LogP contribution in [0.15, 0.2) is 12.2 Å². The largest absolute Gasteiger partial charge is 0.353 e. The zero-order chi connectivity index (χ0) is 11.8. The molecule has 0 spiro atoms. The van der Waals surface area contributed by atoms with Crippen molar-refractivity contribution >= 4 is 5.91 Å². The number of piperazine rings is 1. The molecule has 1 aliphatic heterocycles. The molecule has 16 heavy (non-hydrogen) atoms. The number of carbonyl (C=O) groups excluding carboxylic acids is 1. The van der Waals surface area contributed by atoms with Gasteiger partial charge in [-0.2, -0.15) is 0 Å². The molecule has 4 nitrogen and oxygen atoms in total. The Labute approximate surface area is 98.3 Å². The first kappa shape index (κ1) is 13.2. The number of likely N-dealkylation sites (N-methyl/N-ethyl adjacent to an activating group) is 1. The minimum atomic E-state index is 0.0147. The molecule has 1 saturated heterocycles. The Morgan fingerprint density at radius 2 is 2.00 bits per heavy atom. The Morgan fingerprint density at radius 1 is 1.31 bits per heavy atom. The van der Waals surface area contributed by atoms with Crippen molar-refractivity contribution in [1.82, 2.24) is 15.1 Å². The number of hydrogen-bond donors (Lipinski definition) is 1. The number of amides is 1. The van der Waals surface area contributed by atoms with Gasteiger partial charge in [0.25, 0.3) is 0 Å². The average molecular weight is 225 g/mol. The molecule has 0 unspecified atom stereocenters. The van der Waals surface area contributed by atoms with Gasteiger partial charge < -0.3 is 15.1 Å². The molecule has 1 N–H and O–H groups in total. The van der Waals surface area contributed by atoms with Crippen LogP contribution in [-0.4, -0.2) is 62.0 Å². The van der Waals surface area contributed by atoms with E-state index in [1.165, 1.54) is 0 Å². The van der Waals surface area contributed by atoms with E-state index in [2.05, 4.69) is 22.2 Å². The Kier molecular flexibility index (Phi) is 6.11. The van der Waals surface area contributed by atoms with Crippen LogP contribution < -0.4 is 5.32 Å². The van der Waals surface area contributed by atoms with Gasteiger partial charge in [-0.05, 0) is 33.0 Å². The van der Waals surface area contributed by atoms with Crippen LogP contribution in [0.5, 0.6) is 0 Å². The third kappa shape index (κ3) is 5.28. The van der Waals surface area contributed by atoms with Gasteiger partial charge in [0.15, 0.2) is 0 Å². The Bertz CT molecular complexity index is 232. The van der Waals surface area contributed by atoms with Gasteiger partial charge in [0.05, 0.1) is 0 Å². The fraction of sp³-hybridized carbons (Fsp3) is 0.750. The highest BCUT2D eigenvalue weighted by atomic mass is 16.1. The maximum Gasteiger partial charge on any atom is 0.243 e. The van der Waals surface area contributed by atoms with E-state index in [1.54, 1.807) is 12.2 Å². The van der Waals surface area contributed by atoms with Crippen LogP contribution in [0.3, 0.4) is 0 Å². The summed E-state index contributed by atoms with van der Waals surface area (Å²) in [6, 6.07) is 0. The normalized spacial score (nSPS) is 19.1. The van der Waals surface area contributed by atoms with Crippen molar-refractivity contribution in [2.24, 2.45) is 0 Å². The number of nitrogens with zero attached hydrogens (tertiary/aromatic N) is 2. The fourth-order valence-electron chi connectivity index (χ4n) is 1.80. The molecule has 0 radical (unpaired) electrons. The lowest BCUT2D eigenvalue weighted by Gasteiger charge is -2.32. The first-order valence-corrected chi connectivity index (χ1v) is 6.04. The van der Waals surface area contributed by atoms with Crippen LogP contribution in [0.2, 0.25) is 0 Å². The lowest BCUT2D eigenvalue weighted by molar-refractivity contribution is -0.116. The van der Waals surface area contributed by atoms with Crippen LogP contribution in [-0.2, 0) is 4.79 Å². The second-order valence-corrected chi connectivity index (χ2v) is 4.29. The van der Waals surface area contributed by atoms with Crippen molar-refractivity contribution < 1.29 is 4.79 Å². The summed E-state index contributed by atoms with van der Waals surface area (Å²) < 4.78 is 0. The molecule has 1 fully saturated rings. The highest BCUT2D eigenvalue weighted by Gasteiger charge is 2.12. The van der Waals surface area contributed by atoms with Crippen LogP contribution >= 0.6 is 0 Å². The summed E-state index contributed by atoms with van der Waals surface area (Å²) in [5.74, 6) is 0.0147. The molecule has 0 aromatic rings. The monoisotopic (exact) mass is 225 g/mol. The van der Waals surface area contributed by atoms with E-state index in [0.29, 0.717) is 0 Å². The molecule has 1 rings (SSSR count). The standard InChI is InChI=1S/C12H23N3O/c1-3-5-12(16)13-6-4-7-15-10-8-14(2)9-11-15/h3,5H,4,6-11H2,1-2H3,(H,13,16). The van der Waals surface area contributed by atoms with Crippen LogP contribution in [0.4, 0.5) is 0 Å². The van der Waals surface area contributed by atoms with Gasteiger partial charge in [0.1, 0.15) is 0 Å². The van der Waals surface area contributed by atoms with Gasteiger partial charge in [0, 0.05) is 32.7 Å². The molecule has 0 aromatic carbocycles. The molecule has 0 aliphatic carbocycles. The van der Waals surface area contributed by atoms with Crippen molar-refractivity contribution in [3.05, 3.63) is 12.2 Å². The van der Waals surface area contributed by atoms with E-state index in [0.717, 1.165) is 45.7 Å². The lowest BCUT2D eigenvalue weighted by Crippen LogP contribution is -2.45. The number of allylic oxidation sites excluding steroid dienone is 1. The van der Waals surface area contributed by atoms with Gasteiger partial charge in [-0.15, -0.1) is 0 Å². The van der Waals surface area contributed by atoms with Crippen molar-refractivity contribution in [2.45, 2.75) is 13.3 Å². The van der Waals surface area contributed by atoms with E-state index in [-0.39, 0.29) is 5.91 Å². The zero-order valence-electron chi connectivity index (χ0n) is 10.4. The van der Waals surface area contributed by atoms with Crippen molar-refractivity contribution in [2.75, 3.05) is 46.3 Å². The minimum absolute atomic E-state index is 0.0147. The highest BCUT2D eigenvalue weighted by Crippen LogP contribution is 1.99. The Balaban J connectivity index is 2.01. The third-order valence-corrected chi connectivity index (χ3v) is 2.86. The molecule has 1 aliphatic rings. The van der Waals surface area contributed by atoms with E-state index < -0.39 is 0 Å². The first-order chi connectivity index (χ1) is 7.72. The van der Waals surface area contributed by atoms with E-state index in [9.17, 15) is 4.79 Å². The van der Waals surface area contributed by atoms with Crippen molar-refractivity contribution in [3.8, 4) is 0 Å². The summed E-state index contributed by atoms with van der Waals surface area (Å²) in [6.07, 6.45) is 4.36. The third-order valence-electron chi connectivity index (χ3n) is 2.86. The van der Waals surface area contributed by atoms with Crippen LogP contribution in [0, 0.1) is 0 Å². The molecule has 0 saturated carbocycles. The van der Waals surface area contributed by atoms with Crippen molar-refractivity contribution in [3.63, 3.8) is 0 Å². The molecule has 0 aromatic heterocycles. The number of hydrogen-bond acceptors (Lipinski definition) is 3. The van der Waals surface area contributed by atoms with E-state index in [4.69, 9.17) is 0 Å². The topological polar surface area (TPSA) is 35.6 Å². The summed E-state index contributed by atoms with van der Waals surface area (Å²) in [5, 5.41) is 2.87. The van der Waals surface area contributed by atoms with E-state index >= 15 is 0 Å². The Morgan fingerprint density at radius 3 is 2.62 bits per heavy atom. The summed E-state index contributed by atoms with van der Waals surface area (Å²) in [7, 11) is 2.16. The second-order valence-electron chi connectivity index (χ2n) is 4.29.